The van der Waals surface area contributed by atoms with Gasteiger partial charge in [-0.3, -0.25) is 4.98 Å². The Balaban J connectivity index is 1.68. The number of nitrogen functional groups attached to an aromatic ring is 1. The van der Waals surface area contributed by atoms with Crippen LogP contribution in [0.15, 0.2) is 42.7 Å². The third-order valence-electron chi connectivity index (χ3n) is 6.61. The van der Waals surface area contributed by atoms with Crippen molar-refractivity contribution in [2.45, 2.75) is 45.4 Å². The first-order chi connectivity index (χ1) is 16.9. The summed E-state index contributed by atoms with van der Waals surface area (Å²) in [6, 6.07) is 9.82. The molecule has 0 radical (unpaired) electrons. The molecule has 1 saturated heterocycles. The van der Waals surface area contributed by atoms with Crippen LogP contribution in [-0.2, 0) is 27.9 Å². The first-order valence-corrected chi connectivity index (χ1v) is 13.7. The Bertz CT molecular complexity index is 1470. The number of anilines is 1. The van der Waals surface area contributed by atoms with Gasteiger partial charge in [-0.25, -0.2) is 18.4 Å². The molecule has 5 rings (SSSR count). The van der Waals surface area contributed by atoms with Crippen LogP contribution in [0.2, 0.25) is 0 Å². The molecule has 0 aliphatic carbocycles. The third-order valence-corrected chi connectivity index (χ3v) is 7.94. The van der Waals surface area contributed by atoms with E-state index in [9.17, 15) is 8.42 Å². The molecular formula is C25H30N6O3S. The van der Waals surface area contributed by atoms with Gasteiger partial charge in [0.15, 0.2) is 5.82 Å². The van der Waals surface area contributed by atoms with Gasteiger partial charge < -0.3 is 15.0 Å². The van der Waals surface area contributed by atoms with Crippen molar-refractivity contribution in [3.63, 3.8) is 0 Å². The summed E-state index contributed by atoms with van der Waals surface area (Å²) in [5.41, 5.74) is 10.6. The minimum atomic E-state index is -3.32. The van der Waals surface area contributed by atoms with Gasteiger partial charge in [0.05, 0.1) is 17.3 Å². The van der Waals surface area contributed by atoms with Gasteiger partial charge in [-0.15, -0.1) is 0 Å². The molecule has 35 heavy (non-hydrogen) atoms. The second-order valence-corrected chi connectivity index (χ2v) is 10.9. The number of nitrogens with two attached hydrogens (primary N) is 1. The average Bonchev–Trinajstić information content (AvgIpc) is 3.21. The van der Waals surface area contributed by atoms with Crippen molar-refractivity contribution in [3.05, 3.63) is 48.5 Å². The van der Waals surface area contributed by atoms with Crippen molar-refractivity contribution in [2.24, 2.45) is 0 Å². The molecule has 1 aliphatic heterocycles. The predicted octanol–water partition coefficient (Wildman–Crippen LogP) is 3.58. The zero-order chi connectivity index (χ0) is 24.6. The summed E-state index contributed by atoms with van der Waals surface area (Å²) in [6.45, 7) is 3.81. The summed E-state index contributed by atoms with van der Waals surface area (Å²) in [5, 5.41) is 0.916. The predicted molar refractivity (Wildman–Crippen MR) is 137 cm³/mol. The quantitative estimate of drug-likeness (QED) is 0.417. The molecule has 1 unspecified atom stereocenters. The molecule has 0 amide bonds. The fourth-order valence-corrected chi connectivity index (χ4v) is 6.15. The van der Waals surface area contributed by atoms with E-state index in [0.717, 1.165) is 52.6 Å². The number of sulfonamides is 1. The molecule has 1 atom stereocenters. The number of piperidine rings is 1. The fourth-order valence-electron chi connectivity index (χ4n) is 4.98. The largest absolute Gasteiger partial charge is 0.382 e. The Morgan fingerprint density at radius 1 is 1.17 bits per heavy atom. The monoisotopic (exact) mass is 494 g/mol. The average molecular weight is 495 g/mol. The van der Waals surface area contributed by atoms with Crippen LogP contribution in [0.3, 0.4) is 0 Å². The van der Waals surface area contributed by atoms with Crippen LogP contribution in [0, 0.1) is 0 Å². The van der Waals surface area contributed by atoms with Gasteiger partial charge in [0.25, 0.3) is 0 Å². The van der Waals surface area contributed by atoms with Gasteiger partial charge in [0, 0.05) is 49.1 Å². The maximum atomic E-state index is 12.5. The molecule has 4 aromatic rings. The van der Waals surface area contributed by atoms with Crippen molar-refractivity contribution in [1.29, 1.82) is 0 Å². The van der Waals surface area contributed by atoms with Gasteiger partial charge in [0.2, 0.25) is 10.0 Å². The zero-order valence-electron chi connectivity index (χ0n) is 20.0. The highest BCUT2D eigenvalue weighted by atomic mass is 32.2. The van der Waals surface area contributed by atoms with Crippen molar-refractivity contribution in [3.8, 4) is 11.1 Å². The van der Waals surface area contributed by atoms with Gasteiger partial charge >= 0.3 is 0 Å². The van der Waals surface area contributed by atoms with E-state index >= 15 is 0 Å². The molecule has 4 heterocycles. The Hall–Kier alpha value is -3.08. The highest BCUT2D eigenvalue weighted by molar-refractivity contribution is 7.88. The van der Waals surface area contributed by atoms with E-state index in [1.165, 1.54) is 6.26 Å². The molecule has 1 aromatic carbocycles. The highest BCUT2D eigenvalue weighted by Gasteiger charge is 2.31. The van der Waals surface area contributed by atoms with E-state index in [0.29, 0.717) is 37.6 Å². The number of ether oxygens (including phenoxy) is 1. The standard InChI is InChI=1S/C25H30N6O3S/c1-3-34-16-22-29-23-24(30(22)15-19-8-4-5-12-31(19)35(2,32)33)20-10-9-17(13-21(20)28-25(23)26)18-7-6-11-27-14-18/h6-7,9-11,13-14,19H,3-5,8,12,15-16H2,1-2H3,(H2,26,28). The summed E-state index contributed by atoms with van der Waals surface area (Å²) in [5.74, 6) is 1.06. The van der Waals surface area contributed by atoms with Gasteiger partial charge in [-0.2, -0.15) is 4.31 Å². The maximum absolute atomic E-state index is 12.5. The third kappa shape index (κ3) is 4.61. The summed E-state index contributed by atoms with van der Waals surface area (Å²) in [6.07, 6.45) is 7.50. The van der Waals surface area contributed by atoms with E-state index in [-0.39, 0.29) is 6.04 Å². The number of imidazole rings is 1. The number of benzene rings is 1. The summed E-state index contributed by atoms with van der Waals surface area (Å²) >= 11 is 0. The molecule has 9 nitrogen and oxygen atoms in total. The van der Waals surface area contributed by atoms with Gasteiger partial charge in [0.1, 0.15) is 17.9 Å². The Kier molecular flexibility index (Phi) is 6.43. The second kappa shape index (κ2) is 9.52. The molecule has 1 aliphatic rings. The van der Waals surface area contributed by atoms with Crippen LogP contribution in [0.5, 0.6) is 0 Å². The van der Waals surface area contributed by atoms with E-state index < -0.39 is 10.0 Å². The minimum Gasteiger partial charge on any atom is -0.382 e. The van der Waals surface area contributed by atoms with Gasteiger partial charge in [-0.05, 0) is 37.5 Å². The number of aromatic nitrogens is 4. The van der Waals surface area contributed by atoms with E-state index in [1.807, 2.05) is 43.5 Å². The first-order valence-electron chi connectivity index (χ1n) is 11.9. The Morgan fingerprint density at radius 2 is 2.03 bits per heavy atom. The topological polar surface area (TPSA) is 116 Å². The van der Waals surface area contributed by atoms with Crippen LogP contribution in [0.4, 0.5) is 5.82 Å². The lowest BCUT2D eigenvalue weighted by atomic mass is 10.0. The minimum absolute atomic E-state index is 0.157. The lowest BCUT2D eigenvalue weighted by Gasteiger charge is -2.34. The van der Waals surface area contributed by atoms with E-state index in [1.54, 1.807) is 10.5 Å². The summed E-state index contributed by atoms with van der Waals surface area (Å²) in [4.78, 5) is 13.7. The number of hydrogen-bond donors (Lipinski definition) is 1. The highest BCUT2D eigenvalue weighted by Crippen LogP contribution is 2.33. The van der Waals surface area contributed by atoms with Crippen LogP contribution in [0.1, 0.15) is 32.0 Å². The lowest BCUT2D eigenvalue weighted by molar-refractivity contribution is 0.124. The van der Waals surface area contributed by atoms with E-state index in [4.69, 9.17) is 15.5 Å². The molecular weight excluding hydrogens is 464 g/mol. The number of hydrogen-bond acceptors (Lipinski definition) is 7. The normalized spacial score (nSPS) is 17.4. The Labute approximate surface area is 205 Å². The molecule has 184 valence electrons. The summed E-state index contributed by atoms with van der Waals surface area (Å²) in [7, 11) is -3.32. The molecule has 10 heteroatoms. The maximum Gasteiger partial charge on any atom is 0.211 e. The smallest absolute Gasteiger partial charge is 0.211 e. The van der Waals surface area contributed by atoms with Crippen molar-refractivity contribution in [2.75, 3.05) is 25.1 Å². The van der Waals surface area contributed by atoms with E-state index in [2.05, 4.69) is 14.5 Å². The molecule has 3 aromatic heterocycles. The van der Waals surface area contributed by atoms with Crippen molar-refractivity contribution < 1.29 is 13.2 Å². The number of pyridine rings is 2. The number of rotatable bonds is 7. The number of fused-ring (bicyclic) bond motifs is 3. The van der Waals surface area contributed by atoms with Crippen LogP contribution < -0.4 is 5.73 Å². The fraction of sp³-hybridized carbons (Fsp3) is 0.400. The van der Waals surface area contributed by atoms with Crippen LogP contribution >= 0.6 is 0 Å². The second-order valence-electron chi connectivity index (χ2n) is 8.97. The Morgan fingerprint density at radius 3 is 2.77 bits per heavy atom. The van der Waals surface area contributed by atoms with Crippen molar-refractivity contribution >= 4 is 37.8 Å². The first kappa shape index (κ1) is 23.7. The molecule has 0 spiro atoms. The van der Waals surface area contributed by atoms with Crippen LogP contribution in [-0.4, -0.2) is 57.7 Å². The number of nitrogens with zero attached hydrogens (tertiary/aromatic N) is 5. The zero-order valence-corrected chi connectivity index (χ0v) is 20.8. The molecule has 0 saturated carbocycles. The van der Waals surface area contributed by atoms with Gasteiger partial charge in [-0.1, -0.05) is 24.6 Å². The van der Waals surface area contributed by atoms with Crippen LogP contribution in [0.25, 0.3) is 33.1 Å². The lowest BCUT2D eigenvalue weighted by Crippen LogP contribution is -2.45. The molecule has 2 N–H and O–H groups in total. The molecule has 0 bridgehead atoms. The van der Waals surface area contributed by atoms with Crippen molar-refractivity contribution in [1.82, 2.24) is 23.8 Å². The SMILES string of the molecule is CCOCc1nc2c(N)nc3cc(-c4cccnc4)ccc3c2n1CC1CCCCN1S(C)(=O)=O. The summed E-state index contributed by atoms with van der Waals surface area (Å²) < 4.78 is 34.5. The molecule has 1 fully saturated rings.